The lowest BCUT2D eigenvalue weighted by Gasteiger charge is -2.32. The number of carbonyl (C=O) groups is 1. The van der Waals surface area contributed by atoms with Crippen LogP contribution in [0.4, 0.5) is 4.39 Å². The van der Waals surface area contributed by atoms with E-state index in [2.05, 4.69) is 22.2 Å². The van der Waals surface area contributed by atoms with Gasteiger partial charge in [-0.3, -0.25) is 9.69 Å². The lowest BCUT2D eigenvalue weighted by Crippen LogP contribution is -2.45. The summed E-state index contributed by atoms with van der Waals surface area (Å²) in [5.74, 6) is -0.493. The van der Waals surface area contributed by atoms with Crippen molar-refractivity contribution in [2.45, 2.75) is 12.5 Å². The van der Waals surface area contributed by atoms with Crippen LogP contribution >= 0.6 is 0 Å². The van der Waals surface area contributed by atoms with Crippen LogP contribution in [0.15, 0.2) is 24.3 Å². The van der Waals surface area contributed by atoms with E-state index in [4.69, 9.17) is 0 Å². The predicted molar refractivity (Wildman–Crippen MR) is 94.4 cm³/mol. The molecule has 1 fully saturated rings. The molecule has 1 aromatic carbocycles. The molecule has 5 nitrogen and oxygen atoms in total. The van der Waals surface area contributed by atoms with Gasteiger partial charge in [-0.15, -0.1) is 0 Å². The molecule has 0 aliphatic carbocycles. The second-order valence-electron chi connectivity index (χ2n) is 6.68. The fourth-order valence-electron chi connectivity index (χ4n) is 3.03. The first-order valence-corrected chi connectivity index (χ1v) is 8.58. The van der Waals surface area contributed by atoms with Gasteiger partial charge in [0.15, 0.2) is 0 Å². The fraction of sp³-hybridized carbons (Fsp3) is 0.611. The van der Waals surface area contributed by atoms with Gasteiger partial charge in [0.1, 0.15) is 11.9 Å². The molecule has 0 bridgehead atoms. The molecule has 1 aliphatic rings. The van der Waals surface area contributed by atoms with Gasteiger partial charge in [0.05, 0.1) is 0 Å². The van der Waals surface area contributed by atoms with E-state index in [0.717, 1.165) is 39.1 Å². The van der Waals surface area contributed by atoms with E-state index >= 15 is 0 Å². The molecule has 0 unspecified atom stereocenters. The van der Waals surface area contributed by atoms with Crippen LogP contribution in [0.25, 0.3) is 0 Å². The van der Waals surface area contributed by atoms with Crippen molar-refractivity contribution in [3.8, 4) is 0 Å². The molecule has 0 spiro atoms. The minimum atomic E-state index is -0.602. The Balaban J connectivity index is 1.80. The normalized spacial score (nSPS) is 17.9. The quantitative estimate of drug-likeness (QED) is 0.759. The van der Waals surface area contributed by atoms with E-state index in [1.807, 2.05) is 0 Å². The van der Waals surface area contributed by atoms with Crippen molar-refractivity contribution in [1.29, 1.82) is 0 Å². The molecule has 1 heterocycles. The minimum Gasteiger partial charge on any atom is -0.354 e. The molecule has 1 N–H and O–H groups in total. The number of amides is 1. The fourth-order valence-corrected chi connectivity index (χ4v) is 3.03. The molecule has 134 valence electrons. The van der Waals surface area contributed by atoms with Gasteiger partial charge in [-0.2, -0.15) is 0 Å². The summed E-state index contributed by atoms with van der Waals surface area (Å²) >= 11 is 0. The van der Waals surface area contributed by atoms with Crippen molar-refractivity contribution in [2.75, 3.05) is 60.4 Å². The largest absolute Gasteiger partial charge is 0.354 e. The van der Waals surface area contributed by atoms with Gasteiger partial charge in [-0.1, -0.05) is 18.2 Å². The summed E-state index contributed by atoms with van der Waals surface area (Å²) in [6.07, 6.45) is 0.910. The maximum absolute atomic E-state index is 14.0. The molecule has 24 heavy (non-hydrogen) atoms. The molecule has 0 radical (unpaired) electrons. The van der Waals surface area contributed by atoms with Gasteiger partial charge in [-0.05, 0) is 40.2 Å². The Bertz CT molecular complexity index is 530. The summed E-state index contributed by atoms with van der Waals surface area (Å²) in [7, 11) is 5.73. The SMILES string of the molecule is CN1CCN(CCCNC(=O)[C@@H](c2ccccc2F)N(C)C)CC1. The summed E-state index contributed by atoms with van der Waals surface area (Å²) < 4.78 is 14.0. The van der Waals surface area contributed by atoms with E-state index in [9.17, 15) is 9.18 Å². The number of hydrogen-bond donors (Lipinski definition) is 1. The molecular formula is C18H29FN4O. The van der Waals surface area contributed by atoms with Crippen LogP contribution < -0.4 is 5.32 Å². The van der Waals surface area contributed by atoms with Crippen molar-refractivity contribution >= 4 is 5.91 Å². The first-order valence-electron chi connectivity index (χ1n) is 8.58. The number of nitrogens with zero attached hydrogens (tertiary/aromatic N) is 3. The highest BCUT2D eigenvalue weighted by molar-refractivity contribution is 5.83. The monoisotopic (exact) mass is 336 g/mol. The van der Waals surface area contributed by atoms with E-state index < -0.39 is 6.04 Å². The van der Waals surface area contributed by atoms with Crippen molar-refractivity contribution in [1.82, 2.24) is 20.0 Å². The van der Waals surface area contributed by atoms with Gasteiger partial charge in [0.2, 0.25) is 5.91 Å². The standard InChI is InChI=1S/C18H29FN4O/c1-21(2)17(15-7-4-5-8-16(15)19)18(24)20-9-6-10-23-13-11-22(3)12-14-23/h4-5,7-8,17H,6,9-14H2,1-3H3,(H,20,24)/t17-/m1/s1. The van der Waals surface area contributed by atoms with Crippen LogP contribution in [0.5, 0.6) is 0 Å². The molecule has 0 aromatic heterocycles. The Morgan fingerprint density at radius 2 is 1.92 bits per heavy atom. The molecule has 1 saturated heterocycles. The minimum absolute atomic E-state index is 0.150. The molecule has 6 heteroatoms. The Morgan fingerprint density at radius 3 is 2.54 bits per heavy atom. The zero-order chi connectivity index (χ0) is 17.5. The predicted octanol–water partition coefficient (Wildman–Crippen LogP) is 1.18. The number of benzene rings is 1. The molecule has 1 aliphatic heterocycles. The maximum atomic E-state index is 14.0. The van der Waals surface area contributed by atoms with Crippen molar-refractivity contribution in [3.63, 3.8) is 0 Å². The number of hydrogen-bond acceptors (Lipinski definition) is 4. The lowest BCUT2D eigenvalue weighted by atomic mass is 10.0. The van der Waals surface area contributed by atoms with Gasteiger partial charge in [-0.25, -0.2) is 4.39 Å². The van der Waals surface area contributed by atoms with Crippen LogP contribution in [-0.4, -0.2) is 81.0 Å². The molecule has 0 saturated carbocycles. The smallest absolute Gasteiger partial charge is 0.242 e. The zero-order valence-corrected chi connectivity index (χ0v) is 15.0. The number of halogens is 1. The summed E-state index contributed by atoms with van der Waals surface area (Å²) in [5.41, 5.74) is 0.416. The van der Waals surface area contributed by atoms with E-state index in [0.29, 0.717) is 12.1 Å². The van der Waals surface area contributed by atoms with Gasteiger partial charge >= 0.3 is 0 Å². The van der Waals surface area contributed by atoms with Crippen LogP contribution in [0, 0.1) is 5.82 Å². The number of piperazine rings is 1. The second kappa shape index (κ2) is 9.11. The third-order valence-corrected chi connectivity index (χ3v) is 4.51. The molecule has 1 aromatic rings. The third kappa shape index (κ3) is 5.26. The van der Waals surface area contributed by atoms with E-state index in [1.54, 1.807) is 37.2 Å². The van der Waals surface area contributed by atoms with Crippen molar-refractivity contribution in [2.24, 2.45) is 0 Å². The highest BCUT2D eigenvalue weighted by Gasteiger charge is 2.25. The summed E-state index contributed by atoms with van der Waals surface area (Å²) in [6.45, 7) is 5.97. The summed E-state index contributed by atoms with van der Waals surface area (Å²) in [4.78, 5) is 19.0. The van der Waals surface area contributed by atoms with Crippen LogP contribution in [-0.2, 0) is 4.79 Å². The number of rotatable bonds is 7. The highest BCUT2D eigenvalue weighted by atomic mass is 19.1. The Hall–Kier alpha value is -1.50. The Kier molecular flexibility index (Phi) is 7.15. The second-order valence-corrected chi connectivity index (χ2v) is 6.68. The Morgan fingerprint density at radius 1 is 1.25 bits per heavy atom. The van der Waals surface area contributed by atoms with Gasteiger partial charge < -0.3 is 15.1 Å². The van der Waals surface area contributed by atoms with E-state index in [-0.39, 0.29) is 11.7 Å². The topological polar surface area (TPSA) is 38.8 Å². The highest BCUT2D eigenvalue weighted by Crippen LogP contribution is 2.21. The zero-order valence-electron chi connectivity index (χ0n) is 15.0. The number of nitrogens with one attached hydrogen (secondary N) is 1. The first kappa shape index (κ1) is 18.8. The number of carbonyl (C=O) groups excluding carboxylic acids is 1. The molecule has 1 amide bonds. The van der Waals surface area contributed by atoms with Crippen LogP contribution in [0.3, 0.4) is 0 Å². The molecule has 2 rings (SSSR count). The van der Waals surface area contributed by atoms with Crippen molar-refractivity contribution in [3.05, 3.63) is 35.6 Å². The first-order chi connectivity index (χ1) is 11.5. The number of likely N-dealkylation sites (N-methyl/N-ethyl adjacent to an activating group) is 2. The summed E-state index contributed by atoms with van der Waals surface area (Å²) in [6, 6.07) is 5.86. The lowest BCUT2D eigenvalue weighted by molar-refractivity contribution is -0.125. The van der Waals surface area contributed by atoms with Crippen molar-refractivity contribution < 1.29 is 9.18 Å². The maximum Gasteiger partial charge on any atom is 0.242 e. The van der Waals surface area contributed by atoms with Gasteiger partial charge in [0.25, 0.3) is 0 Å². The third-order valence-electron chi connectivity index (χ3n) is 4.51. The summed E-state index contributed by atoms with van der Waals surface area (Å²) in [5, 5.41) is 2.95. The average molecular weight is 336 g/mol. The van der Waals surface area contributed by atoms with Crippen LogP contribution in [0.2, 0.25) is 0 Å². The van der Waals surface area contributed by atoms with Crippen LogP contribution in [0.1, 0.15) is 18.0 Å². The average Bonchev–Trinajstić information content (AvgIpc) is 2.55. The molecule has 1 atom stereocenters. The Labute approximate surface area is 144 Å². The molecular weight excluding hydrogens is 307 g/mol. The van der Waals surface area contributed by atoms with E-state index in [1.165, 1.54) is 6.07 Å². The van der Waals surface area contributed by atoms with Gasteiger partial charge in [0, 0.05) is 38.3 Å².